The molecule has 0 saturated heterocycles. The summed E-state index contributed by atoms with van der Waals surface area (Å²) < 4.78 is 10.9. The largest absolute Gasteiger partial charge is 0.398 e. The van der Waals surface area contributed by atoms with Gasteiger partial charge in [-0.2, -0.15) is 4.98 Å². The number of ether oxygens (including phenoxy) is 1. The fraction of sp³-hybridized carbons (Fsp3) is 0.500. The van der Waals surface area contributed by atoms with E-state index in [1.165, 1.54) is 11.3 Å². The molecule has 0 aliphatic carbocycles. The van der Waals surface area contributed by atoms with Crippen LogP contribution in [0.3, 0.4) is 0 Å². The summed E-state index contributed by atoms with van der Waals surface area (Å²) in [6.07, 6.45) is 1.96. The summed E-state index contributed by atoms with van der Waals surface area (Å²) in [5, 5.41) is 4.01. The Morgan fingerprint density at radius 3 is 3.14 bits per heavy atom. The third-order valence-corrected chi connectivity index (χ3v) is 3.97. The average Bonchev–Trinajstić information content (AvgIpc) is 2.97. The van der Waals surface area contributed by atoms with Gasteiger partial charge in [0.15, 0.2) is 5.82 Å². The van der Waals surface area contributed by atoms with Gasteiger partial charge >= 0.3 is 0 Å². The molecule has 0 fully saturated rings. The Bertz CT molecular complexity index is 641. The Balaban J connectivity index is 1.76. The van der Waals surface area contributed by atoms with Crippen LogP contribution in [0.5, 0.6) is 0 Å². The van der Waals surface area contributed by atoms with E-state index < -0.39 is 0 Å². The van der Waals surface area contributed by atoms with Gasteiger partial charge in [-0.15, -0.1) is 0 Å². The normalized spacial score (nSPS) is 15.6. The van der Waals surface area contributed by atoms with Crippen molar-refractivity contribution in [3.05, 3.63) is 35.5 Å². The predicted octanol–water partition coefficient (Wildman–Crippen LogP) is 2.70. The number of nitrogens with two attached hydrogens (primary N) is 1. The first-order valence-electron chi connectivity index (χ1n) is 7.75. The molecule has 0 spiro atoms. The van der Waals surface area contributed by atoms with Crippen LogP contribution in [0.1, 0.15) is 43.7 Å². The second kappa shape index (κ2) is 6.36. The van der Waals surface area contributed by atoms with Crippen LogP contribution < -0.4 is 10.6 Å². The van der Waals surface area contributed by atoms with Crippen LogP contribution in [-0.4, -0.2) is 23.3 Å². The average molecular weight is 302 g/mol. The molecule has 0 amide bonds. The Morgan fingerprint density at radius 2 is 2.32 bits per heavy atom. The van der Waals surface area contributed by atoms with Gasteiger partial charge in [0.25, 0.3) is 0 Å². The number of rotatable bonds is 5. The first-order chi connectivity index (χ1) is 10.7. The highest BCUT2D eigenvalue weighted by Crippen LogP contribution is 2.32. The van der Waals surface area contributed by atoms with Crippen LogP contribution >= 0.6 is 0 Å². The van der Waals surface area contributed by atoms with E-state index in [0.717, 1.165) is 25.1 Å². The molecule has 2 aromatic rings. The van der Waals surface area contributed by atoms with Gasteiger partial charge in [0, 0.05) is 24.5 Å². The van der Waals surface area contributed by atoms with Gasteiger partial charge in [0.2, 0.25) is 5.89 Å². The van der Waals surface area contributed by atoms with Gasteiger partial charge in [0.1, 0.15) is 6.10 Å². The lowest BCUT2D eigenvalue weighted by Crippen LogP contribution is -2.29. The number of aromatic nitrogens is 2. The molecular weight excluding hydrogens is 280 g/mol. The molecule has 0 radical (unpaired) electrons. The van der Waals surface area contributed by atoms with E-state index in [2.05, 4.69) is 21.1 Å². The second-order valence-electron chi connectivity index (χ2n) is 5.51. The van der Waals surface area contributed by atoms with Crippen molar-refractivity contribution in [1.82, 2.24) is 10.1 Å². The van der Waals surface area contributed by atoms with Crippen LogP contribution in [0.15, 0.2) is 22.7 Å². The number of nitrogen functional groups attached to an aromatic ring is 1. The minimum Gasteiger partial charge on any atom is -0.398 e. The summed E-state index contributed by atoms with van der Waals surface area (Å²) in [7, 11) is 0. The fourth-order valence-corrected chi connectivity index (χ4v) is 2.88. The maximum absolute atomic E-state index is 6.08. The lowest BCUT2D eigenvalue weighted by atomic mass is 10.00. The van der Waals surface area contributed by atoms with Crippen LogP contribution in [-0.2, 0) is 17.7 Å². The van der Waals surface area contributed by atoms with Crippen LogP contribution in [0.25, 0.3) is 0 Å². The molecule has 1 unspecified atom stereocenters. The molecule has 6 nitrogen and oxygen atoms in total. The van der Waals surface area contributed by atoms with E-state index in [9.17, 15) is 0 Å². The van der Waals surface area contributed by atoms with E-state index in [0.29, 0.717) is 24.9 Å². The van der Waals surface area contributed by atoms with Crippen LogP contribution in [0.2, 0.25) is 0 Å². The highest BCUT2D eigenvalue weighted by Gasteiger charge is 2.21. The number of hydrogen-bond acceptors (Lipinski definition) is 6. The second-order valence-corrected chi connectivity index (χ2v) is 5.51. The smallest absolute Gasteiger partial charge is 0.246 e. The van der Waals surface area contributed by atoms with Crippen molar-refractivity contribution in [3.63, 3.8) is 0 Å². The van der Waals surface area contributed by atoms with Crippen molar-refractivity contribution in [1.29, 1.82) is 0 Å². The summed E-state index contributed by atoms with van der Waals surface area (Å²) in [6.45, 7) is 6.07. The molecule has 6 heteroatoms. The molecule has 3 rings (SSSR count). The standard InChI is InChI=1S/C16H22N4O2/c1-3-21-11(2)16-18-15(22-19-16)10-20-9-5-6-12-13(17)7-4-8-14(12)20/h4,7-8,11H,3,5-6,9-10,17H2,1-2H3. The van der Waals surface area contributed by atoms with E-state index in [-0.39, 0.29) is 6.10 Å². The number of fused-ring (bicyclic) bond motifs is 1. The zero-order valence-corrected chi connectivity index (χ0v) is 13.1. The number of nitrogens with zero attached hydrogens (tertiary/aromatic N) is 3. The fourth-order valence-electron chi connectivity index (χ4n) is 2.88. The van der Waals surface area contributed by atoms with Crippen LogP contribution in [0.4, 0.5) is 11.4 Å². The van der Waals surface area contributed by atoms with Crippen molar-refractivity contribution in [2.24, 2.45) is 0 Å². The number of hydrogen-bond donors (Lipinski definition) is 1. The zero-order chi connectivity index (χ0) is 15.5. The summed E-state index contributed by atoms with van der Waals surface area (Å²) in [4.78, 5) is 6.69. The molecule has 1 aliphatic rings. The Kier molecular flexibility index (Phi) is 4.29. The maximum Gasteiger partial charge on any atom is 0.246 e. The van der Waals surface area contributed by atoms with Crippen molar-refractivity contribution < 1.29 is 9.26 Å². The van der Waals surface area contributed by atoms with Crippen molar-refractivity contribution in [2.45, 2.75) is 39.3 Å². The van der Waals surface area contributed by atoms with E-state index in [1.807, 2.05) is 26.0 Å². The molecule has 118 valence electrons. The molecule has 22 heavy (non-hydrogen) atoms. The summed E-state index contributed by atoms with van der Waals surface area (Å²) in [5.41, 5.74) is 9.33. The van der Waals surface area contributed by atoms with Gasteiger partial charge in [-0.05, 0) is 44.4 Å². The molecule has 0 saturated carbocycles. The number of anilines is 2. The zero-order valence-electron chi connectivity index (χ0n) is 13.1. The minimum absolute atomic E-state index is 0.146. The Labute approximate surface area is 130 Å². The first-order valence-corrected chi connectivity index (χ1v) is 7.75. The topological polar surface area (TPSA) is 77.4 Å². The lowest BCUT2D eigenvalue weighted by molar-refractivity contribution is 0.0683. The lowest BCUT2D eigenvalue weighted by Gasteiger charge is -2.30. The van der Waals surface area contributed by atoms with Crippen molar-refractivity contribution in [2.75, 3.05) is 23.8 Å². The third kappa shape index (κ3) is 2.92. The van der Waals surface area contributed by atoms with Gasteiger partial charge in [-0.1, -0.05) is 11.2 Å². The van der Waals surface area contributed by atoms with Gasteiger partial charge < -0.3 is 19.9 Å². The van der Waals surface area contributed by atoms with E-state index >= 15 is 0 Å². The maximum atomic E-state index is 6.08. The molecule has 1 aromatic heterocycles. The Hall–Kier alpha value is -2.08. The van der Waals surface area contributed by atoms with E-state index in [1.54, 1.807) is 0 Å². The molecular formula is C16H22N4O2. The van der Waals surface area contributed by atoms with Crippen molar-refractivity contribution in [3.8, 4) is 0 Å². The monoisotopic (exact) mass is 302 g/mol. The molecule has 0 bridgehead atoms. The molecule has 2 N–H and O–H groups in total. The molecule has 1 aromatic carbocycles. The van der Waals surface area contributed by atoms with Crippen molar-refractivity contribution >= 4 is 11.4 Å². The number of benzene rings is 1. The Morgan fingerprint density at radius 1 is 1.45 bits per heavy atom. The first kappa shape index (κ1) is 14.8. The highest BCUT2D eigenvalue weighted by molar-refractivity contribution is 5.66. The van der Waals surface area contributed by atoms with Gasteiger partial charge in [0.05, 0.1) is 6.54 Å². The van der Waals surface area contributed by atoms with Crippen LogP contribution in [0, 0.1) is 0 Å². The quantitative estimate of drug-likeness (QED) is 0.856. The van der Waals surface area contributed by atoms with E-state index in [4.69, 9.17) is 15.0 Å². The summed E-state index contributed by atoms with van der Waals surface area (Å²) in [5.74, 6) is 1.21. The summed E-state index contributed by atoms with van der Waals surface area (Å²) in [6, 6.07) is 6.05. The van der Waals surface area contributed by atoms with Gasteiger partial charge in [-0.3, -0.25) is 0 Å². The minimum atomic E-state index is -0.146. The third-order valence-electron chi connectivity index (χ3n) is 3.97. The molecule has 1 aliphatic heterocycles. The SMILES string of the molecule is CCOC(C)c1noc(CN2CCCc3c(N)cccc32)n1. The predicted molar refractivity (Wildman–Crippen MR) is 84.6 cm³/mol. The molecule has 1 atom stereocenters. The highest BCUT2D eigenvalue weighted by atomic mass is 16.5. The van der Waals surface area contributed by atoms with Gasteiger partial charge in [-0.25, -0.2) is 0 Å². The molecule has 2 heterocycles. The summed E-state index contributed by atoms with van der Waals surface area (Å²) >= 11 is 0.